The molecule has 3 heteroatoms. The maximum absolute atomic E-state index is 9.29. The molecule has 1 N–H and O–H groups in total. The smallest absolute Gasteiger partial charge is 0.0998 e. The van der Waals surface area contributed by atoms with Gasteiger partial charge in [0, 0.05) is 31.4 Å². The third-order valence-electron chi connectivity index (χ3n) is 5.14. The van der Waals surface area contributed by atoms with E-state index in [9.17, 15) is 5.26 Å². The number of nitrogens with one attached hydrogen (secondary N) is 1. The van der Waals surface area contributed by atoms with E-state index in [2.05, 4.69) is 64.8 Å². The molecule has 1 heterocycles. The molecule has 0 amide bonds. The number of para-hydroxylation sites is 1. The van der Waals surface area contributed by atoms with Crippen molar-refractivity contribution >= 4 is 5.69 Å². The van der Waals surface area contributed by atoms with Crippen LogP contribution in [0.1, 0.15) is 17.5 Å². The average Bonchev–Trinajstić information content (AvgIpc) is 3.16. The second-order valence-corrected chi connectivity index (χ2v) is 7.09. The highest BCUT2D eigenvalue weighted by Gasteiger charge is 2.22. The molecule has 1 fully saturated rings. The predicted octanol–water partition coefficient (Wildman–Crippen LogP) is 4.91. The topological polar surface area (TPSA) is 39.1 Å². The summed E-state index contributed by atoms with van der Waals surface area (Å²) in [6, 6.07) is 29.6. The van der Waals surface area contributed by atoms with Crippen LogP contribution in [0.15, 0.2) is 78.9 Å². The van der Waals surface area contributed by atoms with Crippen LogP contribution in [0.2, 0.25) is 0 Å². The summed E-state index contributed by atoms with van der Waals surface area (Å²) in [5, 5.41) is 12.9. The molecule has 27 heavy (non-hydrogen) atoms. The lowest BCUT2D eigenvalue weighted by molar-refractivity contribution is 0.328. The Balaban J connectivity index is 1.37. The van der Waals surface area contributed by atoms with Gasteiger partial charge in [-0.3, -0.25) is 4.90 Å². The molecular formula is C24H23N3. The zero-order valence-electron chi connectivity index (χ0n) is 15.3. The largest absolute Gasteiger partial charge is 0.381 e. The van der Waals surface area contributed by atoms with Gasteiger partial charge in [-0.05, 0) is 41.3 Å². The number of nitriles is 1. The van der Waals surface area contributed by atoms with Crippen LogP contribution in [0.5, 0.6) is 0 Å². The van der Waals surface area contributed by atoms with E-state index in [1.165, 1.54) is 17.7 Å². The summed E-state index contributed by atoms with van der Waals surface area (Å²) in [4.78, 5) is 2.50. The lowest BCUT2D eigenvalue weighted by Gasteiger charge is -2.18. The average molecular weight is 353 g/mol. The lowest BCUT2D eigenvalue weighted by atomic mass is 9.99. The first-order valence-electron chi connectivity index (χ1n) is 9.44. The van der Waals surface area contributed by atoms with Crippen LogP contribution in [0, 0.1) is 11.3 Å². The van der Waals surface area contributed by atoms with Crippen molar-refractivity contribution in [2.24, 2.45) is 0 Å². The zero-order valence-corrected chi connectivity index (χ0v) is 15.3. The Morgan fingerprint density at radius 2 is 1.67 bits per heavy atom. The van der Waals surface area contributed by atoms with Crippen LogP contribution < -0.4 is 5.32 Å². The monoisotopic (exact) mass is 353 g/mol. The van der Waals surface area contributed by atoms with Crippen molar-refractivity contribution in [3.63, 3.8) is 0 Å². The van der Waals surface area contributed by atoms with Crippen LogP contribution in [-0.4, -0.2) is 24.0 Å². The molecule has 1 atom stereocenters. The molecule has 0 spiro atoms. The van der Waals surface area contributed by atoms with Crippen LogP contribution in [0.4, 0.5) is 5.69 Å². The van der Waals surface area contributed by atoms with E-state index < -0.39 is 0 Å². The summed E-state index contributed by atoms with van der Waals surface area (Å²) in [5.41, 5.74) is 5.33. The van der Waals surface area contributed by atoms with E-state index in [0.29, 0.717) is 6.04 Å². The van der Waals surface area contributed by atoms with Crippen molar-refractivity contribution in [3.8, 4) is 17.2 Å². The lowest BCUT2D eigenvalue weighted by Crippen LogP contribution is -2.25. The quantitative estimate of drug-likeness (QED) is 0.708. The number of hydrogen-bond donors (Lipinski definition) is 1. The first kappa shape index (κ1) is 17.3. The number of anilines is 1. The van der Waals surface area contributed by atoms with Gasteiger partial charge in [-0.15, -0.1) is 0 Å². The van der Waals surface area contributed by atoms with Crippen molar-refractivity contribution < 1.29 is 0 Å². The van der Waals surface area contributed by atoms with Crippen LogP contribution in [0.25, 0.3) is 11.1 Å². The molecule has 4 rings (SSSR count). The molecule has 3 aromatic carbocycles. The minimum atomic E-state index is 0.508. The maximum Gasteiger partial charge on any atom is 0.0998 e. The van der Waals surface area contributed by atoms with E-state index in [4.69, 9.17) is 0 Å². The highest BCUT2D eigenvalue weighted by Crippen LogP contribution is 2.24. The van der Waals surface area contributed by atoms with Gasteiger partial charge in [-0.1, -0.05) is 60.7 Å². The minimum absolute atomic E-state index is 0.508. The SMILES string of the molecule is N#Cc1ccccc1-c1ccc(CN2CCC(Nc3ccccc3)C2)cc1. The molecule has 0 saturated carbocycles. The summed E-state index contributed by atoms with van der Waals surface area (Å²) < 4.78 is 0. The van der Waals surface area contributed by atoms with Gasteiger partial charge in [0.15, 0.2) is 0 Å². The van der Waals surface area contributed by atoms with E-state index in [0.717, 1.165) is 36.3 Å². The van der Waals surface area contributed by atoms with Gasteiger partial charge >= 0.3 is 0 Å². The van der Waals surface area contributed by atoms with Crippen LogP contribution in [0.3, 0.4) is 0 Å². The first-order chi connectivity index (χ1) is 13.3. The summed E-state index contributed by atoms with van der Waals surface area (Å²) in [7, 11) is 0. The molecule has 0 aliphatic carbocycles. The minimum Gasteiger partial charge on any atom is -0.381 e. The van der Waals surface area contributed by atoms with Gasteiger partial charge in [0.1, 0.15) is 0 Å². The van der Waals surface area contributed by atoms with Gasteiger partial charge in [-0.25, -0.2) is 0 Å². The van der Waals surface area contributed by atoms with Crippen LogP contribution >= 0.6 is 0 Å². The molecule has 0 radical (unpaired) electrons. The van der Waals surface area contributed by atoms with Gasteiger partial charge in [0.25, 0.3) is 0 Å². The highest BCUT2D eigenvalue weighted by molar-refractivity contribution is 5.70. The third-order valence-corrected chi connectivity index (χ3v) is 5.14. The highest BCUT2D eigenvalue weighted by atomic mass is 15.2. The number of likely N-dealkylation sites (tertiary alicyclic amines) is 1. The Morgan fingerprint density at radius 3 is 2.44 bits per heavy atom. The molecular weight excluding hydrogens is 330 g/mol. The van der Waals surface area contributed by atoms with E-state index in [1.807, 2.05) is 30.3 Å². The van der Waals surface area contributed by atoms with Crippen molar-refractivity contribution in [1.82, 2.24) is 4.90 Å². The Morgan fingerprint density at radius 1 is 0.926 bits per heavy atom. The van der Waals surface area contributed by atoms with E-state index >= 15 is 0 Å². The number of rotatable bonds is 5. The summed E-state index contributed by atoms with van der Waals surface area (Å²) >= 11 is 0. The first-order valence-corrected chi connectivity index (χ1v) is 9.44. The molecule has 1 saturated heterocycles. The molecule has 1 unspecified atom stereocenters. The zero-order chi connectivity index (χ0) is 18.5. The summed E-state index contributed by atoms with van der Waals surface area (Å²) in [5.74, 6) is 0. The normalized spacial score (nSPS) is 16.8. The molecule has 3 nitrogen and oxygen atoms in total. The van der Waals surface area contributed by atoms with Gasteiger partial charge in [0.2, 0.25) is 0 Å². The van der Waals surface area contributed by atoms with Crippen molar-refractivity contribution in [2.45, 2.75) is 19.0 Å². The molecule has 1 aliphatic rings. The second kappa shape index (κ2) is 8.07. The Bertz CT molecular complexity index is 926. The van der Waals surface area contributed by atoms with Crippen LogP contribution in [-0.2, 0) is 6.54 Å². The maximum atomic E-state index is 9.29. The molecule has 134 valence electrons. The van der Waals surface area contributed by atoms with Crippen molar-refractivity contribution in [2.75, 3.05) is 18.4 Å². The molecule has 3 aromatic rings. The second-order valence-electron chi connectivity index (χ2n) is 7.09. The van der Waals surface area contributed by atoms with E-state index in [-0.39, 0.29) is 0 Å². The molecule has 1 aliphatic heterocycles. The number of hydrogen-bond acceptors (Lipinski definition) is 3. The Kier molecular flexibility index (Phi) is 5.18. The Hall–Kier alpha value is -3.09. The molecule has 0 aromatic heterocycles. The number of benzene rings is 3. The summed E-state index contributed by atoms with van der Waals surface area (Å²) in [6.07, 6.45) is 1.17. The van der Waals surface area contributed by atoms with Gasteiger partial charge < -0.3 is 5.32 Å². The van der Waals surface area contributed by atoms with Crippen molar-refractivity contribution in [3.05, 3.63) is 90.0 Å². The van der Waals surface area contributed by atoms with E-state index in [1.54, 1.807) is 0 Å². The standard InChI is InChI=1S/C24H23N3/c25-16-21-6-4-5-9-24(21)20-12-10-19(11-13-20)17-27-15-14-23(18-27)26-22-7-2-1-3-8-22/h1-13,23,26H,14-15,17-18H2. The fraction of sp³-hybridized carbons (Fsp3) is 0.208. The molecule has 0 bridgehead atoms. The fourth-order valence-electron chi connectivity index (χ4n) is 3.74. The fourth-order valence-corrected chi connectivity index (χ4v) is 3.74. The number of nitrogens with zero attached hydrogens (tertiary/aromatic N) is 2. The summed E-state index contributed by atoms with van der Waals surface area (Å²) in [6.45, 7) is 3.14. The van der Waals surface area contributed by atoms with Crippen molar-refractivity contribution in [1.29, 1.82) is 5.26 Å². The third kappa shape index (κ3) is 4.19. The van der Waals surface area contributed by atoms with Gasteiger partial charge in [-0.2, -0.15) is 5.26 Å². The van der Waals surface area contributed by atoms with Gasteiger partial charge in [0.05, 0.1) is 11.6 Å². The predicted molar refractivity (Wildman–Crippen MR) is 110 cm³/mol. The Labute approximate surface area is 160 Å².